The molecular weight excluding hydrogens is 881 g/mol. The van der Waals surface area contributed by atoms with Crippen LogP contribution in [0.1, 0.15) is 44.3 Å². The van der Waals surface area contributed by atoms with Crippen LogP contribution in [0.15, 0.2) is 110 Å². The molecule has 8 rings (SSSR count). The standard InChI is InChI=1S/C18H16FN3O3.C12H10ClNO.C11H10ClN.C6H6FNO.CO2/c1-21-18(23)12-8-11-14(9-17(12)24-2)22-6-5-15(11)25-16-4-3-10(20)7-13(16)19;1-7-5-12-10(6-9(7)8(2)15)11(13)3-4-14-12;1-7-5-9-10(12)3-4-13-11(9)6-8(7)2;7-5-3-4(8)1-2-6(5)9;2-1-3/h3-9H,20H2,1-2H3,(H,21,23);3-6H,1-2H3;3-6H,1-2H3;1-3,9H,8H2;. The Bertz CT molecular complexity index is 3060. The summed E-state index contributed by atoms with van der Waals surface area (Å²) in [4.78, 5) is 52.4. The zero-order valence-corrected chi connectivity index (χ0v) is 37.3. The normalized spacial score (nSPS) is 10.1. The molecule has 3 aromatic heterocycles. The molecule has 0 unspecified atom stereocenters. The smallest absolute Gasteiger partial charge is 0.373 e. The molecule has 0 radical (unpaired) electrons. The molecule has 0 atom stereocenters. The van der Waals surface area contributed by atoms with Crippen LogP contribution in [0.25, 0.3) is 32.7 Å². The van der Waals surface area contributed by atoms with Gasteiger partial charge in [0.1, 0.15) is 11.5 Å². The molecule has 17 heteroatoms. The quantitative estimate of drug-likeness (QED) is 0.0722. The van der Waals surface area contributed by atoms with Gasteiger partial charge in [-0.2, -0.15) is 9.59 Å². The van der Waals surface area contributed by atoms with Gasteiger partial charge in [-0.1, -0.05) is 23.2 Å². The highest BCUT2D eigenvalue weighted by molar-refractivity contribution is 6.35. The summed E-state index contributed by atoms with van der Waals surface area (Å²) in [5.74, 6) is -1.12. The summed E-state index contributed by atoms with van der Waals surface area (Å²) in [6.45, 7) is 7.62. The Morgan fingerprint density at radius 3 is 1.66 bits per heavy atom. The van der Waals surface area contributed by atoms with E-state index in [0.29, 0.717) is 49.9 Å². The number of aryl methyl sites for hydroxylation is 3. The van der Waals surface area contributed by atoms with Gasteiger partial charge in [-0.05, 0) is 117 Å². The number of carbonyl (C=O) groups is 2. The van der Waals surface area contributed by atoms with E-state index >= 15 is 0 Å². The van der Waals surface area contributed by atoms with E-state index in [1.54, 1.807) is 49.6 Å². The van der Waals surface area contributed by atoms with Crippen LogP contribution in [-0.2, 0) is 9.59 Å². The number of fused-ring (bicyclic) bond motifs is 3. The van der Waals surface area contributed by atoms with Crippen LogP contribution in [0.2, 0.25) is 10.0 Å². The van der Waals surface area contributed by atoms with Crippen molar-refractivity contribution < 1.29 is 42.5 Å². The number of Topliss-reactive ketones (excluding diaryl/α,β-unsaturated/α-hetero) is 1. The van der Waals surface area contributed by atoms with Gasteiger partial charge in [0.05, 0.1) is 39.3 Å². The minimum absolute atomic E-state index is 0.0269. The molecule has 3 heterocycles. The van der Waals surface area contributed by atoms with Gasteiger partial charge in [-0.15, -0.1) is 0 Å². The first kappa shape index (κ1) is 49.9. The number of benzene rings is 5. The first-order valence-electron chi connectivity index (χ1n) is 19.1. The molecule has 8 aromatic rings. The number of hydrogen-bond donors (Lipinski definition) is 4. The molecule has 6 N–H and O–H groups in total. The van der Waals surface area contributed by atoms with Crippen LogP contribution < -0.4 is 26.3 Å². The summed E-state index contributed by atoms with van der Waals surface area (Å²) < 4.78 is 37.2. The van der Waals surface area contributed by atoms with Crippen molar-refractivity contribution in [3.63, 3.8) is 0 Å². The summed E-state index contributed by atoms with van der Waals surface area (Å²) in [6.07, 6.45) is 5.18. The molecule has 0 aliphatic rings. The van der Waals surface area contributed by atoms with E-state index in [-0.39, 0.29) is 29.3 Å². The number of nitrogen functional groups attached to an aromatic ring is 2. The Kier molecular flexibility index (Phi) is 17.8. The molecule has 0 saturated heterocycles. The van der Waals surface area contributed by atoms with Crippen LogP contribution in [0.4, 0.5) is 20.2 Å². The molecule has 5 aromatic carbocycles. The first-order valence-corrected chi connectivity index (χ1v) is 19.9. The van der Waals surface area contributed by atoms with E-state index in [2.05, 4.69) is 46.2 Å². The van der Waals surface area contributed by atoms with Crippen molar-refractivity contribution in [2.45, 2.75) is 27.7 Å². The fourth-order valence-electron chi connectivity index (χ4n) is 5.97. The number of ketones is 1. The Morgan fingerprint density at radius 2 is 1.14 bits per heavy atom. The number of halogens is 4. The average Bonchev–Trinajstić information content (AvgIpc) is 3.27. The molecule has 0 aliphatic carbocycles. The van der Waals surface area contributed by atoms with E-state index in [4.69, 9.17) is 58.8 Å². The van der Waals surface area contributed by atoms with Crippen LogP contribution in [0, 0.1) is 32.4 Å². The second-order valence-electron chi connectivity index (χ2n) is 13.8. The van der Waals surface area contributed by atoms with Crippen molar-refractivity contribution in [3.8, 4) is 23.0 Å². The number of nitrogens with two attached hydrogens (primary N) is 2. The molecule has 0 fully saturated rings. The van der Waals surface area contributed by atoms with Gasteiger partial charge in [0.15, 0.2) is 28.9 Å². The van der Waals surface area contributed by atoms with Gasteiger partial charge in [0, 0.05) is 76.9 Å². The van der Waals surface area contributed by atoms with Gasteiger partial charge >= 0.3 is 6.15 Å². The number of nitrogens with zero attached hydrogens (tertiary/aromatic N) is 3. The second kappa shape index (κ2) is 23.1. The van der Waals surface area contributed by atoms with Crippen molar-refractivity contribution >= 4 is 85.1 Å². The summed E-state index contributed by atoms with van der Waals surface area (Å²) in [5, 5.41) is 15.0. The summed E-state index contributed by atoms with van der Waals surface area (Å²) in [5.41, 5.74) is 18.2. The lowest BCUT2D eigenvalue weighted by molar-refractivity contribution is -0.191. The number of ether oxygens (including phenoxy) is 2. The van der Waals surface area contributed by atoms with E-state index in [1.807, 2.05) is 25.1 Å². The molecule has 65 heavy (non-hydrogen) atoms. The number of nitrogens with one attached hydrogen (secondary N) is 1. The number of rotatable bonds is 5. The van der Waals surface area contributed by atoms with Gasteiger partial charge in [-0.3, -0.25) is 24.5 Å². The number of aromatic hydroxyl groups is 1. The molecule has 0 spiro atoms. The lowest BCUT2D eigenvalue weighted by Gasteiger charge is -2.13. The maximum absolute atomic E-state index is 14.0. The summed E-state index contributed by atoms with van der Waals surface area (Å²) in [6, 6.07) is 24.1. The number of methoxy groups -OCH3 is 1. The molecular formula is C48H42Cl2F2N6O7. The van der Waals surface area contributed by atoms with Gasteiger partial charge in [0.25, 0.3) is 5.91 Å². The lowest BCUT2D eigenvalue weighted by Crippen LogP contribution is -2.18. The third-order valence-corrected chi connectivity index (χ3v) is 10.0. The Morgan fingerprint density at radius 1 is 0.646 bits per heavy atom. The van der Waals surface area contributed by atoms with Crippen molar-refractivity contribution in [3.05, 3.63) is 159 Å². The maximum atomic E-state index is 14.0. The number of aromatic nitrogens is 3. The SMILES string of the molecule is CC(=O)c1cc2c(Cl)ccnc2cc1C.CNC(=O)c1cc2c(Oc3ccc(N)cc3F)ccnc2cc1OC.Cc1cc2nccc(Cl)c2cc1C.Nc1ccc(O)c(F)c1.O=C=O. The van der Waals surface area contributed by atoms with Gasteiger partial charge < -0.3 is 31.4 Å². The minimum Gasteiger partial charge on any atom is -0.505 e. The predicted molar refractivity (Wildman–Crippen MR) is 248 cm³/mol. The van der Waals surface area contributed by atoms with Crippen LogP contribution >= 0.6 is 23.2 Å². The third-order valence-electron chi connectivity index (χ3n) is 9.36. The first-order chi connectivity index (χ1) is 30.9. The molecule has 13 nitrogen and oxygen atoms in total. The number of carbonyl (C=O) groups excluding carboxylic acids is 4. The number of hydrogen-bond acceptors (Lipinski definition) is 12. The molecule has 0 aliphatic heterocycles. The topological polar surface area (TPSA) is 210 Å². The van der Waals surface area contributed by atoms with Crippen molar-refractivity contribution in [1.82, 2.24) is 20.3 Å². The monoisotopic (exact) mass is 922 g/mol. The molecule has 0 saturated carbocycles. The van der Waals surface area contributed by atoms with Crippen LogP contribution in [0.3, 0.4) is 0 Å². The number of phenolic OH excluding ortho intramolecular Hbond substituents is 1. The van der Waals surface area contributed by atoms with Gasteiger partial charge in [-0.25, -0.2) is 8.78 Å². The van der Waals surface area contributed by atoms with Crippen LogP contribution in [0.5, 0.6) is 23.0 Å². The van der Waals surface area contributed by atoms with Crippen LogP contribution in [-0.4, -0.2) is 52.1 Å². The lowest BCUT2D eigenvalue weighted by atomic mass is 10.0. The largest absolute Gasteiger partial charge is 0.505 e. The fraction of sp³-hybridized carbons (Fsp3) is 0.125. The number of anilines is 2. The van der Waals surface area contributed by atoms with E-state index < -0.39 is 11.6 Å². The third kappa shape index (κ3) is 13.2. The van der Waals surface area contributed by atoms with E-state index in [0.717, 1.165) is 38.5 Å². The summed E-state index contributed by atoms with van der Waals surface area (Å²) >= 11 is 12.1. The highest BCUT2D eigenvalue weighted by Gasteiger charge is 2.16. The van der Waals surface area contributed by atoms with E-state index in [1.165, 1.54) is 55.7 Å². The number of amides is 1. The highest BCUT2D eigenvalue weighted by atomic mass is 35.5. The predicted octanol–water partition coefficient (Wildman–Crippen LogP) is 10.6. The number of phenols is 1. The number of pyridine rings is 3. The summed E-state index contributed by atoms with van der Waals surface area (Å²) in [7, 11) is 2.99. The van der Waals surface area contributed by atoms with Crippen molar-refractivity contribution in [1.29, 1.82) is 0 Å². The van der Waals surface area contributed by atoms with Crippen molar-refractivity contribution in [2.24, 2.45) is 0 Å². The zero-order chi connectivity index (χ0) is 48.0. The maximum Gasteiger partial charge on any atom is 0.373 e. The fourth-order valence-corrected chi connectivity index (χ4v) is 6.39. The Balaban J connectivity index is 0.000000198. The molecule has 0 bridgehead atoms. The molecule has 334 valence electrons. The van der Waals surface area contributed by atoms with E-state index in [9.17, 15) is 18.4 Å². The highest BCUT2D eigenvalue weighted by Crippen LogP contribution is 2.34. The zero-order valence-electron chi connectivity index (χ0n) is 35.8. The van der Waals surface area contributed by atoms with Gasteiger partial charge in [0.2, 0.25) is 0 Å². The van der Waals surface area contributed by atoms with Crippen molar-refractivity contribution in [2.75, 3.05) is 25.6 Å². The Hall–Kier alpha value is -7.71. The average molecular weight is 924 g/mol. The Labute approximate surface area is 382 Å². The second-order valence-corrected chi connectivity index (χ2v) is 14.6. The minimum atomic E-state index is -0.685. The molecule has 1 amide bonds.